The molecule has 23 heavy (non-hydrogen) atoms. The smallest absolute Gasteiger partial charge is 0.322 e. The zero-order valence-corrected chi connectivity index (χ0v) is 13.6. The number of hydrogen-bond acceptors (Lipinski definition) is 5. The Labute approximate surface area is 138 Å². The quantitative estimate of drug-likeness (QED) is 0.734. The van der Waals surface area contributed by atoms with E-state index in [1.807, 2.05) is 49.6 Å². The van der Waals surface area contributed by atoms with Crippen LogP contribution < -0.4 is 5.32 Å². The van der Waals surface area contributed by atoms with E-state index < -0.39 is 0 Å². The van der Waals surface area contributed by atoms with Crippen LogP contribution in [0.5, 0.6) is 0 Å². The maximum absolute atomic E-state index is 12.2. The molecule has 3 aromatic rings. The summed E-state index contributed by atoms with van der Waals surface area (Å²) in [7, 11) is 0. The van der Waals surface area contributed by atoms with Gasteiger partial charge >= 0.3 is 6.01 Å². The number of aryl methyl sites for hydroxylation is 1. The Balaban J connectivity index is 1.79. The van der Waals surface area contributed by atoms with E-state index >= 15 is 0 Å². The van der Waals surface area contributed by atoms with Crippen molar-refractivity contribution in [3.63, 3.8) is 0 Å². The van der Waals surface area contributed by atoms with Crippen LogP contribution in [0.4, 0.5) is 6.01 Å². The number of anilines is 1. The highest BCUT2D eigenvalue weighted by Crippen LogP contribution is 2.29. The van der Waals surface area contributed by atoms with Crippen molar-refractivity contribution in [2.75, 3.05) is 11.6 Å². The van der Waals surface area contributed by atoms with Crippen molar-refractivity contribution in [2.45, 2.75) is 11.8 Å². The highest BCUT2D eigenvalue weighted by atomic mass is 32.2. The Bertz CT molecular complexity index is 828. The average Bonchev–Trinajstić information content (AvgIpc) is 3.03. The van der Waals surface area contributed by atoms with Gasteiger partial charge in [-0.1, -0.05) is 34.9 Å². The minimum Gasteiger partial charge on any atom is -0.403 e. The van der Waals surface area contributed by atoms with Crippen molar-refractivity contribution in [3.8, 4) is 11.5 Å². The summed E-state index contributed by atoms with van der Waals surface area (Å²) in [6.45, 7) is 1.97. The number of hydrogen-bond donors (Lipinski definition) is 1. The highest BCUT2D eigenvalue weighted by Gasteiger charge is 2.14. The van der Waals surface area contributed by atoms with E-state index in [9.17, 15) is 4.79 Å². The van der Waals surface area contributed by atoms with E-state index in [0.717, 1.165) is 16.0 Å². The fourth-order valence-electron chi connectivity index (χ4n) is 2.08. The van der Waals surface area contributed by atoms with E-state index in [0.29, 0.717) is 11.5 Å². The summed E-state index contributed by atoms with van der Waals surface area (Å²) in [5.74, 6) is 0.104. The first-order valence-electron chi connectivity index (χ1n) is 7.02. The highest BCUT2D eigenvalue weighted by molar-refractivity contribution is 7.98. The lowest BCUT2D eigenvalue weighted by molar-refractivity contribution is 0.102. The van der Waals surface area contributed by atoms with Crippen molar-refractivity contribution in [2.24, 2.45) is 0 Å². The Morgan fingerprint density at radius 1 is 1.09 bits per heavy atom. The second kappa shape index (κ2) is 6.66. The average molecular weight is 325 g/mol. The summed E-state index contributed by atoms with van der Waals surface area (Å²) in [6.07, 6.45) is 1.98. The van der Waals surface area contributed by atoms with Gasteiger partial charge in [0.1, 0.15) is 0 Å². The van der Waals surface area contributed by atoms with Gasteiger partial charge in [0.25, 0.3) is 11.8 Å². The third kappa shape index (κ3) is 3.43. The second-order valence-electron chi connectivity index (χ2n) is 4.93. The van der Waals surface area contributed by atoms with Gasteiger partial charge in [0.2, 0.25) is 0 Å². The molecule has 0 aliphatic heterocycles. The van der Waals surface area contributed by atoms with Gasteiger partial charge in [-0.2, -0.15) is 0 Å². The van der Waals surface area contributed by atoms with Crippen molar-refractivity contribution >= 4 is 23.7 Å². The van der Waals surface area contributed by atoms with Crippen LogP contribution in [-0.4, -0.2) is 22.4 Å². The lowest BCUT2D eigenvalue weighted by Gasteiger charge is -2.02. The molecule has 0 saturated heterocycles. The number of carbonyl (C=O) groups excluding carboxylic acids is 1. The summed E-state index contributed by atoms with van der Waals surface area (Å²) in [5, 5.41) is 10.5. The molecule has 1 aromatic heterocycles. The SMILES string of the molecule is CSc1ccccc1-c1nnc(NC(=O)c2ccc(C)cc2)o1. The van der Waals surface area contributed by atoms with Gasteiger partial charge in [-0.15, -0.1) is 16.9 Å². The number of rotatable bonds is 4. The summed E-state index contributed by atoms with van der Waals surface area (Å²) >= 11 is 1.60. The minimum absolute atomic E-state index is 0.0847. The first-order chi connectivity index (χ1) is 11.2. The molecule has 0 aliphatic carbocycles. The molecule has 2 aromatic carbocycles. The lowest BCUT2D eigenvalue weighted by Crippen LogP contribution is -2.11. The molecule has 0 saturated carbocycles. The fraction of sp³-hybridized carbons (Fsp3) is 0.118. The lowest BCUT2D eigenvalue weighted by atomic mass is 10.1. The zero-order chi connectivity index (χ0) is 16.2. The minimum atomic E-state index is -0.279. The zero-order valence-electron chi connectivity index (χ0n) is 12.7. The summed E-state index contributed by atoms with van der Waals surface area (Å²) in [5.41, 5.74) is 2.48. The first-order valence-corrected chi connectivity index (χ1v) is 8.25. The predicted molar refractivity (Wildman–Crippen MR) is 90.6 cm³/mol. The van der Waals surface area contributed by atoms with Crippen LogP contribution in [0.15, 0.2) is 57.8 Å². The van der Waals surface area contributed by atoms with Crippen LogP contribution in [-0.2, 0) is 0 Å². The van der Waals surface area contributed by atoms with Gasteiger partial charge in [0.15, 0.2) is 0 Å². The third-order valence-electron chi connectivity index (χ3n) is 3.30. The van der Waals surface area contributed by atoms with E-state index in [2.05, 4.69) is 15.5 Å². The Morgan fingerprint density at radius 3 is 2.57 bits per heavy atom. The molecule has 0 aliphatic rings. The van der Waals surface area contributed by atoms with E-state index in [4.69, 9.17) is 4.42 Å². The summed E-state index contributed by atoms with van der Waals surface area (Å²) < 4.78 is 5.56. The number of nitrogens with zero attached hydrogens (tertiary/aromatic N) is 2. The molecule has 5 nitrogen and oxygen atoms in total. The molecular formula is C17H15N3O2S. The number of aromatic nitrogens is 2. The molecule has 6 heteroatoms. The maximum atomic E-state index is 12.2. The van der Waals surface area contributed by atoms with E-state index in [1.165, 1.54) is 0 Å². The topological polar surface area (TPSA) is 68.0 Å². The molecule has 1 amide bonds. The number of amides is 1. The Hall–Kier alpha value is -2.60. The van der Waals surface area contributed by atoms with Crippen LogP contribution in [0.1, 0.15) is 15.9 Å². The number of nitrogens with one attached hydrogen (secondary N) is 1. The molecule has 0 radical (unpaired) electrons. The van der Waals surface area contributed by atoms with Crippen LogP contribution in [0.25, 0.3) is 11.5 Å². The monoisotopic (exact) mass is 325 g/mol. The van der Waals surface area contributed by atoms with Crippen molar-refractivity contribution in [3.05, 3.63) is 59.7 Å². The number of carbonyl (C=O) groups is 1. The van der Waals surface area contributed by atoms with Crippen LogP contribution in [0, 0.1) is 6.92 Å². The first kappa shape index (κ1) is 15.3. The Kier molecular flexibility index (Phi) is 4.43. The van der Waals surface area contributed by atoms with Gasteiger partial charge in [-0.25, -0.2) is 0 Å². The van der Waals surface area contributed by atoms with Gasteiger partial charge in [0.05, 0.1) is 5.56 Å². The third-order valence-corrected chi connectivity index (χ3v) is 4.09. The molecule has 0 spiro atoms. The van der Waals surface area contributed by atoms with Crippen molar-refractivity contribution in [1.82, 2.24) is 10.2 Å². The summed E-state index contributed by atoms with van der Waals surface area (Å²) in [4.78, 5) is 13.2. The molecule has 1 heterocycles. The van der Waals surface area contributed by atoms with Crippen LogP contribution in [0.2, 0.25) is 0 Å². The normalized spacial score (nSPS) is 10.5. The van der Waals surface area contributed by atoms with Gasteiger partial charge < -0.3 is 4.42 Å². The maximum Gasteiger partial charge on any atom is 0.322 e. The van der Waals surface area contributed by atoms with E-state index in [1.54, 1.807) is 23.9 Å². The van der Waals surface area contributed by atoms with Gasteiger partial charge in [-0.05, 0) is 37.4 Å². The second-order valence-corrected chi connectivity index (χ2v) is 5.78. The standard InChI is InChI=1S/C17H15N3O2S/c1-11-7-9-12(10-8-11)15(21)18-17-20-19-16(22-17)13-5-3-4-6-14(13)23-2/h3-10H,1-2H3,(H,18,20,21). The van der Waals surface area contributed by atoms with Crippen LogP contribution >= 0.6 is 11.8 Å². The molecule has 3 rings (SSSR count). The molecule has 0 atom stereocenters. The number of thioether (sulfide) groups is 1. The van der Waals surface area contributed by atoms with E-state index in [-0.39, 0.29) is 11.9 Å². The number of benzene rings is 2. The van der Waals surface area contributed by atoms with Crippen LogP contribution in [0.3, 0.4) is 0 Å². The largest absolute Gasteiger partial charge is 0.403 e. The Morgan fingerprint density at radius 2 is 1.83 bits per heavy atom. The molecule has 0 unspecified atom stereocenters. The molecule has 116 valence electrons. The molecule has 0 fully saturated rings. The van der Waals surface area contributed by atoms with Gasteiger partial charge in [-0.3, -0.25) is 10.1 Å². The van der Waals surface area contributed by atoms with Gasteiger partial charge in [0, 0.05) is 10.5 Å². The molecule has 1 N–H and O–H groups in total. The predicted octanol–water partition coefficient (Wildman–Crippen LogP) is 4.02. The fourth-order valence-corrected chi connectivity index (χ4v) is 2.67. The molecule has 0 bridgehead atoms. The van der Waals surface area contributed by atoms with Crippen molar-refractivity contribution in [1.29, 1.82) is 0 Å². The summed E-state index contributed by atoms with van der Waals surface area (Å²) in [6, 6.07) is 15.1. The molecular weight excluding hydrogens is 310 g/mol. The van der Waals surface area contributed by atoms with Crippen molar-refractivity contribution < 1.29 is 9.21 Å².